The number of carbonyl (C=O) groups is 1. The fourth-order valence-corrected chi connectivity index (χ4v) is 3.87. The summed E-state index contributed by atoms with van der Waals surface area (Å²) in [5.41, 5.74) is 1.41. The van der Waals surface area contributed by atoms with E-state index in [0.717, 1.165) is 31.5 Å². The summed E-state index contributed by atoms with van der Waals surface area (Å²) in [4.78, 5) is 13.8. The molecule has 1 heterocycles. The van der Waals surface area contributed by atoms with Crippen molar-refractivity contribution in [3.8, 4) is 5.75 Å². The van der Waals surface area contributed by atoms with Crippen LogP contribution in [-0.2, 0) is 0 Å². The lowest BCUT2D eigenvalue weighted by atomic mass is 9.87. The summed E-state index contributed by atoms with van der Waals surface area (Å²) in [6.07, 6.45) is 0.887. The zero-order chi connectivity index (χ0) is 21.5. The van der Waals surface area contributed by atoms with Gasteiger partial charge in [-0.1, -0.05) is 19.1 Å². The van der Waals surface area contributed by atoms with Crippen molar-refractivity contribution >= 4 is 18.2 Å². The minimum absolute atomic E-state index is 0. The maximum atomic E-state index is 13.1. The van der Waals surface area contributed by atoms with Crippen LogP contribution in [0.25, 0.3) is 0 Å². The van der Waals surface area contributed by atoms with Crippen molar-refractivity contribution in [1.82, 2.24) is 4.90 Å². The lowest BCUT2D eigenvalue weighted by Gasteiger charge is -2.35. The van der Waals surface area contributed by atoms with Gasteiger partial charge < -0.3 is 19.8 Å². The largest absolute Gasteiger partial charge is 0.491 e. The third-order valence-electron chi connectivity index (χ3n) is 5.70. The standard InChI is InChI=1S/C24H30FNO4.ClH/c1-2-23(28)17-5-9-22(10-6-17)30-16-21(27)15-26-13-11-19(12-14-26)24(29)18-3-7-20(25)8-4-18;/h3-10,19,21,24,27,29H,2,11-16H2,1H3;1H. The molecular formula is C24H31ClFNO4. The van der Waals surface area contributed by atoms with Crippen molar-refractivity contribution in [1.29, 1.82) is 0 Å². The molecule has 2 aromatic carbocycles. The minimum Gasteiger partial charge on any atom is -0.491 e. The fraction of sp³-hybridized carbons (Fsp3) is 0.458. The van der Waals surface area contributed by atoms with Gasteiger partial charge in [-0.25, -0.2) is 4.39 Å². The van der Waals surface area contributed by atoms with E-state index in [1.807, 2.05) is 6.92 Å². The third kappa shape index (κ3) is 7.28. The highest BCUT2D eigenvalue weighted by molar-refractivity contribution is 5.95. The molecule has 0 aliphatic carbocycles. The van der Waals surface area contributed by atoms with Crippen LogP contribution >= 0.6 is 12.4 Å². The van der Waals surface area contributed by atoms with E-state index in [1.54, 1.807) is 36.4 Å². The molecule has 1 aliphatic heterocycles. The summed E-state index contributed by atoms with van der Waals surface area (Å²) in [6.45, 7) is 4.09. The van der Waals surface area contributed by atoms with E-state index in [1.165, 1.54) is 12.1 Å². The van der Waals surface area contributed by atoms with Gasteiger partial charge in [-0.15, -0.1) is 12.4 Å². The van der Waals surface area contributed by atoms with Gasteiger partial charge in [0.25, 0.3) is 0 Å². The van der Waals surface area contributed by atoms with Crippen molar-refractivity contribution in [3.05, 3.63) is 65.5 Å². The molecule has 0 radical (unpaired) electrons. The Morgan fingerprint density at radius 1 is 1.10 bits per heavy atom. The fourth-order valence-electron chi connectivity index (χ4n) is 3.87. The second-order valence-corrected chi connectivity index (χ2v) is 7.90. The zero-order valence-corrected chi connectivity index (χ0v) is 18.6. The second-order valence-electron chi connectivity index (χ2n) is 7.90. The maximum Gasteiger partial charge on any atom is 0.162 e. The average molecular weight is 452 g/mol. The van der Waals surface area contributed by atoms with Crippen LogP contribution in [0.15, 0.2) is 48.5 Å². The van der Waals surface area contributed by atoms with Crippen LogP contribution in [-0.4, -0.2) is 53.2 Å². The Morgan fingerprint density at radius 3 is 2.29 bits per heavy atom. The number of Topliss-reactive ketones (excluding diaryl/α,β-unsaturated/α-hetero) is 1. The zero-order valence-electron chi connectivity index (χ0n) is 17.7. The lowest BCUT2D eigenvalue weighted by molar-refractivity contribution is 0.0278. The number of ketones is 1. The van der Waals surface area contributed by atoms with Gasteiger partial charge >= 0.3 is 0 Å². The van der Waals surface area contributed by atoms with Crippen molar-refractivity contribution in [2.75, 3.05) is 26.2 Å². The van der Waals surface area contributed by atoms with Crippen molar-refractivity contribution in [2.45, 2.75) is 38.4 Å². The van der Waals surface area contributed by atoms with Crippen LogP contribution in [0.1, 0.15) is 48.2 Å². The minimum atomic E-state index is -0.625. The van der Waals surface area contributed by atoms with Crippen LogP contribution in [0.4, 0.5) is 4.39 Å². The smallest absolute Gasteiger partial charge is 0.162 e. The SMILES string of the molecule is CCC(=O)c1ccc(OCC(O)CN2CCC(C(O)c3ccc(F)cc3)CC2)cc1.Cl. The number of β-amino-alcohol motifs (C(OH)–C–C–N with tert-alkyl or cyclic N) is 1. The number of hydrogen-bond donors (Lipinski definition) is 2. The molecule has 1 fully saturated rings. The first-order chi connectivity index (χ1) is 14.5. The van der Waals surface area contributed by atoms with Crippen molar-refractivity contribution < 1.29 is 24.1 Å². The van der Waals surface area contributed by atoms with Gasteiger partial charge in [0.2, 0.25) is 0 Å². The summed E-state index contributed by atoms with van der Waals surface area (Å²) in [6, 6.07) is 13.0. The quantitative estimate of drug-likeness (QED) is 0.563. The van der Waals surface area contributed by atoms with Gasteiger partial charge in [-0.2, -0.15) is 0 Å². The molecule has 5 nitrogen and oxygen atoms in total. The Balaban J connectivity index is 0.00000341. The summed E-state index contributed by atoms with van der Waals surface area (Å²) < 4.78 is 18.7. The first-order valence-corrected chi connectivity index (χ1v) is 10.6. The summed E-state index contributed by atoms with van der Waals surface area (Å²) in [5, 5.41) is 20.9. The van der Waals surface area contributed by atoms with E-state index < -0.39 is 12.2 Å². The Labute approximate surface area is 189 Å². The Morgan fingerprint density at radius 2 is 1.71 bits per heavy atom. The summed E-state index contributed by atoms with van der Waals surface area (Å²) in [5.74, 6) is 0.546. The molecule has 0 spiro atoms. The van der Waals surface area contributed by atoms with E-state index in [4.69, 9.17) is 4.74 Å². The van der Waals surface area contributed by atoms with Crippen molar-refractivity contribution in [2.24, 2.45) is 5.92 Å². The van der Waals surface area contributed by atoms with Gasteiger partial charge in [-0.05, 0) is 73.8 Å². The molecule has 0 aromatic heterocycles. The van der Waals surface area contributed by atoms with E-state index >= 15 is 0 Å². The number of likely N-dealkylation sites (tertiary alicyclic amines) is 1. The normalized spacial score (nSPS) is 16.9. The number of benzene rings is 2. The second kappa shape index (κ2) is 12.2. The van der Waals surface area contributed by atoms with Crippen LogP contribution in [0, 0.1) is 11.7 Å². The number of rotatable bonds is 9. The van der Waals surface area contributed by atoms with E-state index in [0.29, 0.717) is 24.3 Å². The molecule has 2 unspecified atom stereocenters. The van der Waals surface area contributed by atoms with Crippen LogP contribution in [0.5, 0.6) is 5.75 Å². The summed E-state index contributed by atoms with van der Waals surface area (Å²) >= 11 is 0. The van der Waals surface area contributed by atoms with Gasteiger partial charge in [0.05, 0.1) is 6.10 Å². The number of ether oxygens (including phenoxy) is 1. The molecule has 2 aromatic rings. The Hall–Kier alpha value is -1.99. The lowest BCUT2D eigenvalue weighted by Crippen LogP contribution is -2.41. The molecule has 31 heavy (non-hydrogen) atoms. The first kappa shape index (κ1) is 25.3. The van der Waals surface area contributed by atoms with E-state index in [-0.39, 0.29) is 36.5 Å². The maximum absolute atomic E-state index is 13.1. The van der Waals surface area contributed by atoms with Gasteiger partial charge in [0, 0.05) is 18.5 Å². The molecule has 170 valence electrons. The molecule has 7 heteroatoms. The Bertz CT molecular complexity index is 807. The number of hydrogen-bond acceptors (Lipinski definition) is 5. The molecule has 0 bridgehead atoms. The number of aliphatic hydroxyl groups excluding tert-OH is 2. The van der Waals surface area contributed by atoms with E-state index in [9.17, 15) is 19.4 Å². The number of carbonyl (C=O) groups excluding carboxylic acids is 1. The molecule has 1 aliphatic rings. The van der Waals surface area contributed by atoms with Crippen LogP contribution in [0.2, 0.25) is 0 Å². The van der Waals surface area contributed by atoms with Crippen LogP contribution in [0.3, 0.4) is 0 Å². The highest BCUT2D eigenvalue weighted by Crippen LogP contribution is 2.30. The average Bonchev–Trinajstić information content (AvgIpc) is 2.78. The van der Waals surface area contributed by atoms with Gasteiger partial charge in [0.1, 0.15) is 24.3 Å². The number of aliphatic hydroxyl groups is 2. The number of halogens is 2. The first-order valence-electron chi connectivity index (χ1n) is 10.6. The highest BCUT2D eigenvalue weighted by Gasteiger charge is 2.27. The molecular weight excluding hydrogens is 421 g/mol. The van der Waals surface area contributed by atoms with Crippen LogP contribution < -0.4 is 4.74 Å². The molecule has 2 atom stereocenters. The van der Waals surface area contributed by atoms with Gasteiger partial charge in [-0.3, -0.25) is 4.79 Å². The third-order valence-corrected chi connectivity index (χ3v) is 5.70. The molecule has 0 amide bonds. The van der Waals surface area contributed by atoms with Gasteiger partial charge in [0.15, 0.2) is 5.78 Å². The number of nitrogens with zero attached hydrogens (tertiary/aromatic N) is 1. The molecule has 2 N–H and O–H groups in total. The Kier molecular flexibility index (Phi) is 9.91. The molecule has 1 saturated heterocycles. The highest BCUT2D eigenvalue weighted by atomic mass is 35.5. The van der Waals surface area contributed by atoms with Crippen molar-refractivity contribution in [3.63, 3.8) is 0 Å². The van der Waals surface area contributed by atoms with E-state index in [2.05, 4.69) is 4.90 Å². The topological polar surface area (TPSA) is 70.0 Å². The predicted molar refractivity (Wildman–Crippen MR) is 120 cm³/mol. The molecule has 0 saturated carbocycles. The summed E-state index contributed by atoms with van der Waals surface area (Å²) in [7, 11) is 0. The molecule has 3 rings (SSSR count). The number of piperidine rings is 1. The predicted octanol–water partition coefficient (Wildman–Crippen LogP) is 4.03. The monoisotopic (exact) mass is 451 g/mol.